The van der Waals surface area contributed by atoms with E-state index in [0.29, 0.717) is 0 Å². The molecule has 0 spiro atoms. The van der Waals surface area contributed by atoms with Gasteiger partial charge in [-0.2, -0.15) is 0 Å². The lowest BCUT2D eigenvalue weighted by Crippen LogP contribution is -2.71. The molecule has 0 aliphatic rings. The molecule has 0 rings (SSSR count). The largest absolute Gasteiger partial charge is 0.790 e. The second kappa shape index (κ2) is 6.60. The Balaban J connectivity index is 4.17. The van der Waals surface area contributed by atoms with E-state index in [1.165, 1.54) is 0 Å². The summed E-state index contributed by atoms with van der Waals surface area (Å²) in [6.45, 7) is -1.51. The van der Waals surface area contributed by atoms with Gasteiger partial charge in [-0.3, -0.25) is 0 Å². The fourth-order valence-corrected chi connectivity index (χ4v) is 1.22. The van der Waals surface area contributed by atoms with Gasteiger partial charge in [0.25, 0.3) is 0 Å². The molecule has 0 heterocycles. The molecule has 0 fully saturated rings. The molecular weight excluding hydrogens is 245 g/mol. The van der Waals surface area contributed by atoms with Gasteiger partial charge in [-0.15, -0.1) is 0 Å². The van der Waals surface area contributed by atoms with Crippen molar-refractivity contribution >= 4 is 7.82 Å². The first-order valence-corrected chi connectivity index (χ1v) is 5.80. The molecule has 0 saturated heterocycles. The average Bonchev–Trinajstić information content (AvgIpc) is 2.21. The summed E-state index contributed by atoms with van der Waals surface area (Å²) in [5, 5.41) is 36.3. The van der Waals surface area contributed by atoms with Gasteiger partial charge in [0.05, 0.1) is 21.0 Å². The van der Waals surface area contributed by atoms with Gasteiger partial charge in [-0.25, -0.2) is 0 Å². The summed E-state index contributed by atoms with van der Waals surface area (Å²) in [4.78, 5) is 20.1. The minimum absolute atomic E-state index is 0.534. The molecule has 98 valence electrons. The van der Waals surface area contributed by atoms with E-state index in [-0.39, 0.29) is 0 Å². The Hall–Kier alpha value is -0.0900. The Morgan fingerprint density at radius 3 is 2.12 bits per heavy atom. The van der Waals surface area contributed by atoms with Crippen LogP contribution in [0.4, 0.5) is 0 Å². The van der Waals surface area contributed by atoms with Crippen LogP contribution in [-0.4, -0.2) is 58.0 Å². The van der Waals surface area contributed by atoms with Gasteiger partial charge < -0.3 is 45.0 Å². The van der Waals surface area contributed by atoms with Crippen molar-refractivity contribution in [3.63, 3.8) is 0 Å². The number of quaternary nitrogens is 1. The van der Waals surface area contributed by atoms with Crippen LogP contribution in [0.1, 0.15) is 0 Å². The molecule has 0 aromatic rings. The van der Waals surface area contributed by atoms with Gasteiger partial charge in [0.15, 0.2) is 0 Å². The topological polar surface area (TPSA) is 181 Å². The predicted molar refractivity (Wildman–Crippen MR) is 45.3 cm³/mol. The molecule has 0 unspecified atom stereocenters. The van der Waals surface area contributed by atoms with Crippen molar-refractivity contribution in [2.24, 2.45) is 0 Å². The molecule has 4 atom stereocenters. The molecule has 7 N–H and O–H groups in total. The van der Waals surface area contributed by atoms with E-state index in [9.17, 15) is 24.6 Å². The summed E-state index contributed by atoms with van der Waals surface area (Å²) >= 11 is 0. The van der Waals surface area contributed by atoms with Gasteiger partial charge in [0.1, 0.15) is 24.4 Å². The summed E-state index contributed by atoms with van der Waals surface area (Å²) in [7, 11) is -5.24. The second-order valence-corrected chi connectivity index (χ2v) is 4.39. The van der Waals surface area contributed by atoms with E-state index in [1.807, 2.05) is 0 Å². The molecule has 9 nitrogen and oxygen atoms in total. The molecule has 0 aliphatic carbocycles. The van der Waals surface area contributed by atoms with Gasteiger partial charge in [-0.1, -0.05) is 0 Å². The smallest absolute Gasteiger partial charge is 0.137 e. The predicted octanol–water partition coefficient (Wildman–Crippen LogP) is -5.48. The first-order chi connectivity index (χ1) is 7.19. The normalized spacial score (nSPS) is 20.2. The Kier molecular flexibility index (Phi) is 6.56. The minimum Gasteiger partial charge on any atom is -0.790 e. The number of hydrogen-bond donors (Lipinski definition) is 5. The standard InChI is InChI=1S/C6H16NO8P/c7-3(1-8)5(10)6(11)4(9)2-15-16(12,13)14/h3-6,8-11H,1-2,7H2,(H2,12,13,14)/p-1/t3-,4+,5+,6+/m0/s1. The number of rotatable bonds is 7. The number of phosphoric acid groups is 1. The second-order valence-electron chi connectivity index (χ2n) is 3.23. The highest BCUT2D eigenvalue weighted by Crippen LogP contribution is 2.24. The van der Waals surface area contributed by atoms with Crippen LogP contribution in [0.3, 0.4) is 0 Å². The van der Waals surface area contributed by atoms with Crippen LogP contribution in [0.25, 0.3) is 0 Å². The Morgan fingerprint density at radius 1 is 1.25 bits per heavy atom. The van der Waals surface area contributed by atoms with Gasteiger partial charge in [-0.05, 0) is 0 Å². The Labute approximate surface area is 91.3 Å². The zero-order valence-electron chi connectivity index (χ0n) is 8.30. The summed E-state index contributed by atoms with van der Waals surface area (Å²) < 4.78 is 13.8. The molecule has 0 saturated carbocycles. The van der Waals surface area contributed by atoms with E-state index in [4.69, 9.17) is 10.2 Å². The molecule has 10 heteroatoms. The zero-order valence-corrected chi connectivity index (χ0v) is 9.19. The van der Waals surface area contributed by atoms with Gasteiger partial charge in [0.2, 0.25) is 0 Å². The fraction of sp³-hybridized carbons (Fsp3) is 1.00. The maximum absolute atomic E-state index is 10.1. The first kappa shape index (κ1) is 15.9. The maximum atomic E-state index is 10.1. The molecule has 0 aliphatic heterocycles. The van der Waals surface area contributed by atoms with Crippen molar-refractivity contribution in [2.75, 3.05) is 13.2 Å². The third-order valence-corrected chi connectivity index (χ3v) is 2.33. The lowest BCUT2D eigenvalue weighted by molar-refractivity contribution is -0.448. The third kappa shape index (κ3) is 5.85. The van der Waals surface area contributed by atoms with E-state index < -0.39 is 45.4 Å². The average molecular weight is 260 g/mol. The van der Waals surface area contributed by atoms with E-state index in [1.54, 1.807) is 0 Å². The summed E-state index contributed by atoms with van der Waals surface area (Å²) in [6, 6.07) is -0.962. The Morgan fingerprint density at radius 2 is 1.75 bits per heavy atom. The quantitative estimate of drug-likeness (QED) is 0.281. The third-order valence-electron chi connectivity index (χ3n) is 1.87. The molecule has 0 aromatic heterocycles. The highest BCUT2D eigenvalue weighted by molar-refractivity contribution is 7.43. The van der Waals surface area contributed by atoms with Crippen LogP contribution in [0.2, 0.25) is 0 Å². The molecular formula is C6H15NO8P-. The molecule has 0 aromatic carbocycles. The van der Waals surface area contributed by atoms with E-state index in [2.05, 4.69) is 10.3 Å². The van der Waals surface area contributed by atoms with Crippen LogP contribution < -0.4 is 15.5 Å². The lowest BCUT2D eigenvalue weighted by Gasteiger charge is -2.31. The first-order valence-electron chi connectivity index (χ1n) is 4.33. The van der Waals surface area contributed by atoms with Gasteiger partial charge in [0, 0.05) is 0 Å². The molecule has 0 bridgehead atoms. The fourth-order valence-electron chi connectivity index (χ4n) is 0.881. The van der Waals surface area contributed by atoms with Crippen LogP contribution in [0.5, 0.6) is 0 Å². The SMILES string of the molecule is [NH3+][C@@H](CO)[C@@H](O)[C@H](O)[C@H](O)COP(=O)([O-])[O-]. The summed E-state index contributed by atoms with van der Waals surface area (Å²) in [5.74, 6) is 0. The number of aliphatic hydroxyl groups excluding tert-OH is 4. The van der Waals surface area contributed by atoms with Crippen molar-refractivity contribution < 1.29 is 45.0 Å². The lowest BCUT2D eigenvalue weighted by atomic mass is 10.0. The Bertz CT molecular complexity index is 245. The molecule has 0 amide bonds. The van der Waals surface area contributed by atoms with Crippen LogP contribution in [0, 0.1) is 0 Å². The minimum atomic E-state index is -5.24. The number of aliphatic hydroxyl groups is 4. The van der Waals surface area contributed by atoms with E-state index in [0.717, 1.165) is 0 Å². The summed E-state index contributed by atoms with van der Waals surface area (Å²) in [5.41, 5.74) is 3.28. The van der Waals surface area contributed by atoms with Crippen LogP contribution >= 0.6 is 7.82 Å². The van der Waals surface area contributed by atoms with Crippen molar-refractivity contribution in [3.8, 4) is 0 Å². The van der Waals surface area contributed by atoms with Crippen molar-refractivity contribution in [1.82, 2.24) is 0 Å². The highest BCUT2D eigenvalue weighted by atomic mass is 31.2. The van der Waals surface area contributed by atoms with Gasteiger partial charge >= 0.3 is 0 Å². The van der Waals surface area contributed by atoms with Crippen LogP contribution in [-0.2, 0) is 9.09 Å². The zero-order chi connectivity index (χ0) is 12.9. The van der Waals surface area contributed by atoms with Crippen molar-refractivity contribution in [2.45, 2.75) is 24.4 Å². The van der Waals surface area contributed by atoms with Crippen LogP contribution in [0.15, 0.2) is 0 Å². The summed E-state index contributed by atoms with van der Waals surface area (Å²) in [6.07, 6.45) is -5.12. The monoisotopic (exact) mass is 260 g/mol. The molecule has 16 heavy (non-hydrogen) atoms. The van der Waals surface area contributed by atoms with Crippen molar-refractivity contribution in [1.29, 1.82) is 0 Å². The number of hydrogen-bond acceptors (Lipinski definition) is 8. The van der Waals surface area contributed by atoms with E-state index >= 15 is 0 Å². The highest BCUT2D eigenvalue weighted by Gasteiger charge is 2.31. The van der Waals surface area contributed by atoms with Crippen molar-refractivity contribution in [3.05, 3.63) is 0 Å². The molecule has 0 radical (unpaired) electrons. The number of phosphoric ester groups is 1. The maximum Gasteiger partial charge on any atom is 0.137 e.